The van der Waals surface area contributed by atoms with E-state index in [9.17, 15) is 14.7 Å². The quantitative estimate of drug-likeness (QED) is 0.347. The van der Waals surface area contributed by atoms with E-state index < -0.39 is 5.41 Å². The lowest BCUT2D eigenvalue weighted by Crippen LogP contribution is -2.62. The lowest BCUT2D eigenvalue weighted by atomic mass is 9.41. The van der Waals surface area contributed by atoms with E-state index in [0.717, 1.165) is 32.1 Å². The number of carbonyl (C=O) groups excluding carboxylic acids is 2. The van der Waals surface area contributed by atoms with Crippen LogP contribution in [-0.2, 0) is 0 Å². The van der Waals surface area contributed by atoms with Gasteiger partial charge in [-0.15, -0.1) is 0 Å². The minimum absolute atomic E-state index is 0.0170. The summed E-state index contributed by atoms with van der Waals surface area (Å²) in [5, 5.41) is 11.3. The Labute approximate surface area is 223 Å². The van der Waals surface area contributed by atoms with Crippen LogP contribution in [-0.4, -0.2) is 22.8 Å². The van der Waals surface area contributed by atoms with Gasteiger partial charge in [0.15, 0.2) is 11.6 Å². The Balaban J connectivity index is 1.74. The van der Waals surface area contributed by atoms with E-state index in [-0.39, 0.29) is 46.3 Å². The van der Waals surface area contributed by atoms with Crippen molar-refractivity contribution in [2.75, 3.05) is 0 Å². The molecule has 0 amide bonds. The van der Waals surface area contributed by atoms with Crippen molar-refractivity contribution >= 4 is 11.6 Å². The van der Waals surface area contributed by atoms with Gasteiger partial charge in [-0.1, -0.05) is 95.3 Å². The molecule has 3 heteroatoms. The SMILES string of the molecule is C[C@@H]1CCC(O)[C@@]2(C)CC[C@H]3[C@H](C)CC(C(=O)c4ccccc4)(C(=O)c4ccccc4)[C@@H](C[C@H]12)C3(C)C. The van der Waals surface area contributed by atoms with Gasteiger partial charge in [0, 0.05) is 11.1 Å². The van der Waals surface area contributed by atoms with Gasteiger partial charge in [-0.2, -0.15) is 0 Å². The van der Waals surface area contributed by atoms with Crippen LogP contribution in [0, 0.1) is 45.8 Å². The van der Waals surface area contributed by atoms with Crippen molar-refractivity contribution in [3.63, 3.8) is 0 Å². The molecule has 0 heterocycles. The second-order valence-electron chi connectivity index (χ2n) is 13.5. The standard InChI is InChI=1S/C34H44O3/c1-22-16-17-29(35)33(5)19-18-26-23(2)21-34(28(20-27(22)33)32(26,3)4,30(36)24-12-8-6-9-13-24)31(37)25-14-10-7-11-15-25/h6-15,22-23,26-29,35H,16-21H2,1-5H3/t22-,23-,26+,27-,28+,29?,33+/m1/s1. The summed E-state index contributed by atoms with van der Waals surface area (Å²) in [5.41, 5.74) is -0.220. The summed E-state index contributed by atoms with van der Waals surface area (Å²) in [4.78, 5) is 29.6. The van der Waals surface area contributed by atoms with E-state index in [0.29, 0.717) is 29.4 Å². The van der Waals surface area contributed by atoms with Crippen LogP contribution in [0.2, 0.25) is 0 Å². The monoisotopic (exact) mass is 500 g/mol. The van der Waals surface area contributed by atoms with Gasteiger partial charge >= 0.3 is 0 Å². The van der Waals surface area contributed by atoms with Crippen LogP contribution in [0.1, 0.15) is 93.9 Å². The molecule has 0 radical (unpaired) electrons. The van der Waals surface area contributed by atoms with Gasteiger partial charge < -0.3 is 5.11 Å². The van der Waals surface area contributed by atoms with Crippen LogP contribution in [0.4, 0.5) is 0 Å². The zero-order valence-electron chi connectivity index (χ0n) is 23.2. The highest BCUT2D eigenvalue weighted by Crippen LogP contribution is 2.66. The molecule has 1 unspecified atom stereocenters. The smallest absolute Gasteiger partial charge is 0.177 e. The Bertz CT molecular complexity index is 1080. The molecule has 0 aromatic heterocycles. The van der Waals surface area contributed by atoms with Gasteiger partial charge in [0.2, 0.25) is 0 Å². The molecular formula is C34H44O3. The normalized spacial score (nSPS) is 36.5. The van der Waals surface area contributed by atoms with Crippen molar-refractivity contribution < 1.29 is 14.7 Å². The van der Waals surface area contributed by atoms with Crippen molar-refractivity contribution in [1.29, 1.82) is 0 Å². The molecule has 5 rings (SSSR count). The van der Waals surface area contributed by atoms with Gasteiger partial charge in [0.1, 0.15) is 5.41 Å². The predicted octanol–water partition coefficient (Wildman–Crippen LogP) is 7.63. The average Bonchev–Trinajstić information content (AvgIpc) is 2.89. The molecule has 7 atom stereocenters. The number of carbonyl (C=O) groups is 2. The summed E-state index contributed by atoms with van der Waals surface area (Å²) in [7, 11) is 0. The van der Waals surface area contributed by atoms with Gasteiger partial charge in [0.25, 0.3) is 0 Å². The molecule has 0 aliphatic heterocycles. The van der Waals surface area contributed by atoms with E-state index in [1.807, 2.05) is 60.7 Å². The fourth-order valence-corrected chi connectivity index (χ4v) is 9.30. The number of Topliss-reactive ketones (excluding diaryl/α,β-unsaturated/α-hetero) is 2. The average molecular weight is 501 g/mol. The molecule has 2 aromatic carbocycles. The summed E-state index contributed by atoms with van der Waals surface area (Å²) in [6, 6.07) is 19.0. The zero-order chi connectivity index (χ0) is 26.6. The van der Waals surface area contributed by atoms with Crippen molar-refractivity contribution in [3.05, 3.63) is 71.8 Å². The number of rotatable bonds is 4. The molecule has 0 spiro atoms. The predicted molar refractivity (Wildman–Crippen MR) is 148 cm³/mol. The first-order chi connectivity index (χ1) is 17.5. The largest absolute Gasteiger partial charge is 0.393 e. The molecule has 1 N–H and O–H groups in total. The summed E-state index contributed by atoms with van der Waals surface area (Å²) in [6.45, 7) is 11.5. The summed E-state index contributed by atoms with van der Waals surface area (Å²) in [5.74, 6) is 1.23. The summed E-state index contributed by atoms with van der Waals surface area (Å²) < 4.78 is 0. The van der Waals surface area contributed by atoms with Gasteiger partial charge in [-0.3, -0.25) is 9.59 Å². The van der Waals surface area contributed by atoms with E-state index in [1.165, 1.54) is 0 Å². The van der Waals surface area contributed by atoms with Crippen molar-refractivity contribution in [2.24, 2.45) is 45.8 Å². The van der Waals surface area contributed by atoms with Crippen molar-refractivity contribution in [3.8, 4) is 0 Å². The molecular weight excluding hydrogens is 456 g/mol. The highest BCUT2D eigenvalue weighted by Gasteiger charge is 2.65. The number of hydrogen-bond donors (Lipinski definition) is 1. The Kier molecular flexibility index (Phi) is 6.76. The van der Waals surface area contributed by atoms with E-state index in [2.05, 4.69) is 34.6 Å². The summed E-state index contributed by atoms with van der Waals surface area (Å²) in [6.07, 6.45) is 4.97. The molecule has 0 saturated heterocycles. The third kappa shape index (κ3) is 4.04. The number of hydrogen-bond acceptors (Lipinski definition) is 3. The van der Waals surface area contributed by atoms with Crippen molar-refractivity contribution in [1.82, 2.24) is 0 Å². The zero-order valence-corrected chi connectivity index (χ0v) is 23.2. The van der Waals surface area contributed by atoms with Crippen LogP contribution >= 0.6 is 0 Å². The number of ketones is 2. The molecule has 3 aliphatic rings. The second kappa shape index (κ2) is 9.49. The van der Waals surface area contributed by atoms with Crippen LogP contribution in [0.25, 0.3) is 0 Å². The van der Waals surface area contributed by atoms with Crippen LogP contribution in [0.3, 0.4) is 0 Å². The van der Waals surface area contributed by atoms with E-state index in [1.54, 1.807) is 0 Å². The molecule has 198 valence electrons. The lowest BCUT2D eigenvalue weighted by molar-refractivity contribution is -0.140. The van der Waals surface area contributed by atoms with Crippen LogP contribution in [0.5, 0.6) is 0 Å². The highest BCUT2D eigenvalue weighted by molar-refractivity contribution is 6.20. The van der Waals surface area contributed by atoms with Crippen LogP contribution < -0.4 is 0 Å². The van der Waals surface area contributed by atoms with E-state index >= 15 is 0 Å². The highest BCUT2D eigenvalue weighted by atomic mass is 16.3. The Morgan fingerprint density at radius 1 is 0.757 bits per heavy atom. The first-order valence-electron chi connectivity index (χ1n) is 14.4. The molecule has 2 aromatic rings. The maximum atomic E-state index is 14.8. The molecule has 3 nitrogen and oxygen atoms in total. The maximum absolute atomic E-state index is 14.8. The third-order valence-electron chi connectivity index (χ3n) is 11.3. The van der Waals surface area contributed by atoms with Crippen LogP contribution in [0.15, 0.2) is 60.7 Å². The molecule has 37 heavy (non-hydrogen) atoms. The maximum Gasteiger partial charge on any atom is 0.177 e. The first-order valence-corrected chi connectivity index (χ1v) is 14.4. The second-order valence-corrected chi connectivity index (χ2v) is 13.5. The Hall–Kier alpha value is -2.26. The molecule has 3 aliphatic carbocycles. The van der Waals surface area contributed by atoms with Gasteiger partial charge in [-0.05, 0) is 78.9 Å². The minimum Gasteiger partial charge on any atom is -0.393 e. The van der Waals surface area contributed by atoms with Crippen molar-refractivity contribution in [2.45, 2.75) is 79.2 Å². The van der Waals surface area contributed by atoms with Gasteiger partial charge in [0.05, 0.1) is 6.10 Å². The fourth-order valence-electron chi connectivity index (χ4n) is 9.30. The topological polar surface area (TPSA) is 54.4 Å². The third-order valence-corrected chi connectivity index (χ3v) is 11.3. The Morgan fingerprint density at radius 2 is 1.30 bits per heavy atom. The first kappa shape index (κ1) is 26.4. The Morgan fingerprint density at radius 3 is 1.84 bits per heavy atom. The number of fused-ring (bicyclic) bond motifs is 3. The summed E-state index contributed by atoms with van der Waals surface area (Å²) >= 11 is 0. The van der Waals surface area contributed by atoms with E-state index in [4.69, 9.17) is 0 Å². The lowest BCUT2D eigenvalue weighted by Gasteiger charge is -2.62. The molecule has 2 bridgehead atoms. The number of aliphatic hydroxyl groups excluding tert-OH is 1. The van der Waals surface area contributed by atoms with Gasteiger partial charge in [-0.25, -0.2) is 0 Å². The molecule has 3 fully saturated rings. The number of benzene rings is 2. The minimum atomic E-state index is -1.12. The molecule has 3 saturated carbocycles. The fraction of sp³-hybridized carbons (Fsp3) is 0.588. The number of aliphatic hydroxyl groups is 1.